The zero-order valence-electron chi connectivity index (χ0n) is 12.0. The number of hydrogen-bond acceptors (Lipinski definition) is 2. The second-order valence-electron chi connectivity index (χ2n) is 4.56. The fourth-order valence-electron chi connectivity index (χ4n) is 2.33. The zero-order valence-corrected chi connectivity index (χ0v) is 12.0. The van der Waals surface area contributed by atoms with Crippen molar-refractivity contribution in [3.05, 3.63) is 29.6 Å². The third kappa shape index (κ3) is 3.70. The van der Waals surface area contributed by atoms with Crippen molar-refractivity contribution < 1.29 is 4.39 Å². The Balaban J connectivity index is 0.000000771. The first-order valence-electron chi connectivity index (χ1n) is 6.86. The lowest BCUT2D eigenvalue weighted by Gasteiger charge is -2.29. The predicted octanol–water partition coefficient (Wildman–Crippen LogP) is 3.70. The second-order valence-corrected chi connectivity index (χ2v) is 4.56. The van der Waals surface area contributed by atoms with Gasteiger partial charge in [-0.15, -0.1) is 0 Å². The molecule has 0 atom stereocenters. The first-order chi connectivity index (χ1) is 8.70. The highest BCUT2D eigenvalue weighted by atomic mass is 19.1. The van der Waals surface area contributed by atoms with Gasteiger partial charge in [0.05, 0.1) is 0 Å². The van der Waals surface area contributed by atoms with Gasteiger partial charge in [-0.3, -0.25) is 0 Å². The van der Waals surface area contributed by atoms with E-state index in [0.717, 1.165) is 37.2 Å². The smallest absolute Gasteiger partial charge is 0.126 e. The quantitative estimate of drug-likeness (QED) is 0.863. The summed E-state index contributed by atoms with van der Waals surface area (Å²) in [5, 5.41) is 3.07. The molecular weight excluding hydrogens is 227 g/mol. The molecule has 0 saturated carbocycles. The minimum atomic E-state index is -0.0615. The van der Waals surface area contributed by atoms with Gasteiger partial charge in [0.15, 0.2) is 0 Å². The Morgan fingerprint density at radius 2 is 1.83 bits per heavy atom. The minimum Gasteiger partial charge on any atom is -0.388 e. The standard InChI is InChI=1S/C13H19FN2.C2H6/c1-15-11-3-4-13(14)12(9-11)10-5-7-16(2)8-6-10;1-2/h3-4,9-10,15H,5-8H2,1-2H3;1-2H3. The number of anilines is 1. The summed E-state index contributed by atoms with van der Waals surface area (Å²) < 4.78 is 13.7. The summed E-state index contributed by atoms with van der Waals surface area (Å²) in [4.78, 5) is 2.30. The lowest BCUT2D eigenvalue weighted by atomic mass is 9.89. The average molecular weight is 252 g/mol. The van der Waals surface area contributed by atoms with Crippen LogP contribution in [0, 0.1) is 5.82 Å². The van der Waals surface area contributed by atoms with Crippen LogP contribution in [0.5, 0.6) is 0 Å². The maximum absolute atomic E-state index is 13.7. The molecule has 1 aromatic carbocycles. The van der Waals surface area contributed by atoms with Gasteiger partial charge in [0.2, 0.25) is 0 Å². The first kappa shape index (κ1) is 15.0. The lowest BCUT2D eigenvalue weighted by molar-refractivity contribution is 0.253. The number of rotatable bonds is 2. The molecule has 0 aromatic heterocycles. The number of benzene rings is 1. The third-order valence-electron chi connectivity index (χ3n) is 3.44. The van der Waals surface area contributed by atoms with Crippen molar-refractivity contribution >= 4 is 5.69 Å². The average Bonchev–Trinajstić information content (AvgIpc) is 2.43. The van der Waals surface area contributed by atoms with E-state index < -0.39 is 0 Å². The summed E-state index contributed by atoms with van der Waals surface area (Å²) in [5.41, 5.74) is 1.87. The van der Waals surface area contributed by atoms with E-state index in [9.17, 15) is 4.39 Å². The Morgan fingerprint density at radius 3 is 2.39 bits per heavy atom. The van der Waals surface area contributed by atoms with E-state index in [1.807, 2.05) is 27.0 Å². The van der Waals surface area contributed by atoms with Crippen LogP contribution in [0.4, 0.5) is 10.1 Å². The highest BCUT2D eigenvalue weighted by Crippen LogP contribution is 2.30. The van der Waals surface area contributed by atoms with Crippen molar-refractivity contribution in [2.45, 2.75) is 32.6 Å². The molecule has 0 unspecified atom stereocenters. The Labute approximate surface area is 110 Å². The topological polar surface area (TPSA) is 15.3 Å². The van der Waals surface area contributed by atoms with E-state index in [1.54, 1.807) is 12.1 Å². The summed E-state index contributed by atoms with van der Waals surface area (Å²) in [6, 6.07) is 5.30. The van der Waals surface area contributed by atoms with Crippen LogP contribution in [-0.2, 0) is 0 Å². The molecule has 1 aliphatic rings. The number of nitrogens with one attached hydrogen (secondary N) is 1. The molecule has 3 heteroatoms. The Hall–Kier alpha value is -1.09. The Kier molecular flexibility index (Phi) is 6.13. The molecule has 1 aromatic rings. The van der Waals surface area contributed by atoms with Gasteiger partial charge in [-0.2, -0.15) is 0 Å². The van der Waals surface area contributed by atoms with Gasteiger partial charge >= 0.3 is 0 Å². The summed E-state index contributed by atoms with van der Waals surface area (Å²) >= 11 is 0. The molecule has 1 heterocycles. The maximum atomic E-state index is 13.7. The molecule has 0 spiro atoms. The van der Waals surface area contributed by atoms with Crippen LogP contribution in [0.2, 0.25) is 0 Å². The van der Waals surface area contributed by atoms with Crippen LogP contribution in [0.15, 0.2) is 18.2 Å². The molecular formula is C15H25FN2. The monoisotopic (exact) mass is 252 g/mol. The summed E-state index contributed by atoms with van der Waals surface area (Å²) in [5.74, 6) is 0.318. The molecule has 1 fully saturated rings. The molecule has 1 saturated heterocycles. The SMILES string of the molecule is CC.CNc1ccc(F)c(C2CCN(C)CC2)c1. The van der Waals surface area contributed by atoms with E-state index in [1.165, 1.54) is 0 Å². The normalized spacial score (nSPS) is 16.9. The molecule has 1 N–H and O–H groups in total. The molecule has 1 aliphatic heterocycles. The van der Waals surface area contributed by atoms with Crippen LogP contribution in [0.1, 0.15) is 38.2 Å². The zero-order chi connectivity index (χ0) is 13.5. The van der Waals surface area contributed by atoms with E-state index in [4.69, 9.17) is 0 Å². The van der Waals surface area contributed by atoms with E-state index >= 15 is 0 Å². The number of nitrogens with zero attached hydrogens (tertiary/aromatic N) is 1. The third-order valence-corrected chi connectivity index (χ3v) is 3.44. The molecule has 0 aliphatic carbocycles. The van der Waals surface area contributed by atoms with Gasteiger partial charge in [-0.1, -0.05) is 13.8 Å². The van der Waals surface area contributed by atoms with Crippen molar-refractivity contribution in [3.8, 4) is 0 Å². The Morgan fingerprint density at radius 1 is 1.22 bits per heavy atom. The highest BCUT2D eigenvalue weighted by molar-refractivity contribution is 5.46. The molecule has 0 radical (unpaired) electrons. The van der Waals surface area contributed by atoms with Crippen molar-refractivity contribution in [1.82, 2.24) is 4.90 Å². The Bertz CT molecular complexity index is 358. The number of halogens is 1. The van der Waals surface area contributed by atoms with Gasteiger partial charge in [0.1, 0.15) is 5.82 Å². The molecule has 2 nitrogen and oxygen atoms in total. The second kappa shape index (κ2) is 7.37. The van der Waals surface area contributed by atoms with Crippen LogP contribution in [0.3, 0.4) is 0 Å². The van der Waals surface area contributed by atoms with Crippen LogP contribution < -0.4 is 5.32 Å². The van der Waals surface area contributed by atoms with E-state index in [2.05, 4.69) is 17.3 Å². The van der Waals surface area contributed by atoms with E-state index in [-0.39, 0.29) is 5.82 Å². The van der Waals surface area contributed by atoms with Crippen LogP contribution in [0.25, 0.3) is 0 Å². The fourth-order valence-corrected chi connectivity index (χ4v) is 2.33. The minimum absolute atomic E-state index is 0.0615. The van der Waals surface area contributed by atoms with Gasteiger partial charge in [0.25, 0.3) is 0 Å². The number of piperidine rings is 1. The molecule has 2 rings (SSSR count). The first-order valence-corrected chi connectivity index (χ1v) is 6.86. The van der Waals surface area contributed by atoms with Crippen molar-refractivity contribution in [1.29, 1.82) is 0 Å². The van der Waals surface area contributed by atoms with Gasteiger partial charge in [-0.05, 0) is 62.7 Å². The largest absolute Gasteiger partial charge is 0.388 e. The molecule has 18 heavy (non-hydrogen) atoms. The maximum Gasteiger partial charge on any atom is 0.126 e. The highest BCUT2D eigenvalue weighted by Gasteiger charge is 2.21. The van der Waals surface area contributed by atoms with Gasteiger partial charge in [0, 0.05) is 12.7 Å². The summed E-state index contributed by atoms with van der Waals surface area (Å²) in [7, 11) is 3.99. The van der Waals surface area contributed by atoms with Gasteiger partial charge in [-0.25, -0.2) is 4.39 Å². The number of likely N-dealkylation sites (tertiary alicyclic amines) is 1. The van der Waals surface area contributed by atoms with E-state index in [0.29, 0.717) is 5.92 Å². The molecule has 0 amide bonds. The van der Waals surface area contributed by atoms with Crippen molar-refractivity contribution in [2.75, 3.05) is 32.5 Å². The lowest BCUT2D eigenvalue weighted by Crippen LogP contribution is -2.29. The van der Waals surface area contributed by atoms with Crippen molar-refractivity contribution in [2.24, 2.45) is 0 Å². The fraction of sp³-hybridized carbons (Fsp3) is 0.600. The predicted molar refractivity (Wildman–Crippen MR) is 76.8 cm³/mol. The number of hydrogen-bond donors (Lipinski definition) is 1. The van der Waals surface area contributed by atoms with Crippen LogP contribution in [-0.4, -0.2) is 32.1 Å². The summed E-state index contributed by atoms with van der Waals surface area (Å²) in [6.45, 7) is 6.13. The molecule has 0 bridgehead atoms. The van der Waals surface area contributed by atoms with Crippen LogP contribution >= 0.6 is 0 Å². The summed E-state index contributed by atoms with van der Waals surface area (Å²) in [6.07, 6.45) is 2.11. The van der Waals surface area contributed by atoms with Crippen molar-refractivity contribution in [3.63, 3.8) is 0 Å². The molecule has 102 valence electrons. The van der Waals surface area contributed by atoms with Gasteiger partial charge < -0.3 is 10.2 Å².